The smallest absolute Gasteiger partial charge is 0.253 e. The molecule has 0 unspecified atom stereocenters. The zero-order valence-electron chi connectivity index (χ0n) is 12.2. The van der Waals surface area contributed by atoms with Gasteiger partial charge in [0.05, 0.1) is 0 Å². The molecule has 1 aliphatic rings. The number of benzene rings is 1. The van der Waals surface area contributed by atoms with Gasteiger partial charge < -0.3 is 10.6 Å². The molecule has 1 aromatic rings. The van der Waals surface area contributed by atoms with E-state index in [1.165, 1.54) is 19.3 Å². The van der Waals surface area contributed by atoms with Gasteiger partial charge in [-0.15, -0.1) is 0 Å². The summed E-state index contributed by atoms with van der Waals surface area (Å²) in [6.07, 6.45) is 5.97. The van der Waals surface area contributed by atoms with Crippen molar-refractivity contribution in [3.63, 3.8) is 0 Å². The first-order chi connectivity index (χ1) is 9.52. The van der Waals surface area contributed by atoms with Gasteiger partial charge in [0.1, 0.15) is 0 Å². The molecular formula is C16H23BrN2O. The van der Waals surface area contributed by atoms with Crippen LogP contribution in [0.5, 0.6) is 0 Å². The van der Waals surface area contributed by atoms with E-state index < -0.39 is 0 Å². The second-order valence-corrected chi connectivity index (χ2v) is 6.59. The molecule has 2 rings (SSSR count). The summed E-state index contributed by atoms with van der Waals surface area (Å²) in [5.74, 6) is 0.919. The molecular weight excluding hydrogens is 316 g/mol. The van der Waals surface area contributed by atoms with Crippen LogP contribution in [0.3, 0.4) is 0 Å². The number of halogens is 1. The molecule has 1 amide bonds. The number of nitrogens with two attached hydrogens (primary N) is 1. The third kappa shape index (κ3) is 3.35. The summed E-state index contributed by atoms with van der Waals surface area (Å²) in [4.78, 5) is 14.4. The second-order valence-electron chi connectivity index (χ2n) is 5.74. The van der Waals surface area contributed by atoms with Crippen LogP contribution in [0.15, 0.2) is 22.7 Å². The fourth-order valence-corrected chi connectivity index (χ4v) is 3.23. The molecule has 3 nitrogen and oxygen atoms in total. The molecule has 0 aliphatic heterocycles. The van der Waals surface area contributed by atoms with Crippen LogP contribution in [0.2, 0.25) is 0 Å². The molecule has 0 bridgehead atoms. The van der Waals surface area contributed by atoms with E-state index >= 15 is 0 Å². The van der Waals surface area contributed by atoms with Crippen LogP contribution >= 0.6 is 15.9 Å². The summed E-state index contributed by atoms with van der Waals surface area (Å²) in [5.41, 5.74) is 7.14. The fourth-order valence-electron chi connectivity index (χ4n) is 2.99. The Morgan fingerprint density at radius 3 is 2.55 bits per heavy atom. The van der Waals surface area contributed by atoms with Crippen molar-refractivity contribution in [2.45, 2.75) is 45.1 Å². The monoisotopic (exact) mass is 338 g/mol. The van der Waals surface area contributed by atoms with E-state index in [1.807, 2.05) is 24.1 Å². The van der Waals surface area contributed by atoms with Gasteiger partial charge in [-0.1, -0.05) is 13.3 Å². The van der Waals surface area contributed by atoms with Crippen molar-refractivity contribution < 1.29 is 4.79 Å². The summed E-state index contributed by atoms with van der Waals surface area (Å²) < 4.78 is 0.833. The largest absolute Gasteiger partial charge is 0.398 e. The molecule has 0 aromatic heterocycles. The maximum Gasteiger partial charge on any atom is 0.253 e. The fraction of sp³-hybridized carbons (Fsp3) is 0.562. The Hall–Kier alpha value is -1.03. The van der Waals surface area contributed by atoms with E-state index in [1.54, 1.807) is 6.07 Å². The lowest BCUT2D eigenvalue weighted by Gasteiger charge is -2.34. The number of hydrogen-bond acceptors (Lipinski definition) is 2. The maximum absolute atomic E-state index is 12.5. The topological polar surface area (TPSA) is 46.3 Å². The average molecular weight is 339 g/mol. The Bertz CT molecular complexity index is 481. The number of nitrogen functional groups attached to an aromatic ring is 1. The maximum atomic E-state index is 12.5. The summed E-state index contributed by atoms with van der Waals surface area (Å²) in [6.45, 7) is 2.25. The Kier molecular flexibility index (Phi) is 5.08. The number of hydrogen-bond donors (Lipinski definition) is 1. The van der Waals surface area contributed by atoms with Crippen LogP contribution < -0.4 is 5.73 Å². The standard InChI is InChI=1S/C16H23BrN2O/c1-3-11-4-7-13(8-5-11)19(2)16(20)12-6-9-14(17)15(18)10-12/h6,9-11,13H,3-5,7-8,18H2,1-2H3. The highest BCUT2D eigenvalue weighted by Crippen LogP contribution is 2.30. The van der Waals surface area contributed by atoms with Crippen molar-refractivity contribution in [1.29, 1.82) is 0 Å². The van der Waals surface area contributed by atoms with Crippen molar-refractivity contribution in [1.82, 2.24) is 4.90 Å². The van der Waals surface area contributed by atoms with Crippen molar-refractivity contribution >= 4 is 27.5 Å². The lowest BCUT2D eigenvalue weighted by molar-refractivity contribution is 0.0674. The van der Waals surface area contributed by atoms with Crippen LogP contribution in [0.4, 0.5) is 5.69 Å². The molecule has 1 fully saturated rings. The van der Waals surface area contributed by atoms with Crippen molar-refractivity contribution in [3.8, 4) is 0 Å². The van der Waals surface area contributed by atoms with Gasteiger partial charge in [0, 0.05) is 28.8 Å². The van der Waals surface area contributed by atoms with Gasteiger partial charge in [-0.25, -0.2) is 0 Å². The van der Waals surface area contributed by atoms with Gasteiger partial charge in [-0.05, 0) is 65.7 Å². The molecule has 110 valence electrons. The molecule has 20 heavy (non-hydrogen) atoms. The highest BCUT2D eigenvalue weighted by Gasteiger charge is 2.26. The Labute approximate surface area is 129 Å². The minimum Gasteiger partial charge on any atom is -0.398 e. The van der Waals surface area contributed by atoms with Crippen molar-refractivity contribution in [2.75, 3.05) is 12.8 Å². The van der Waals surface area contributed by atoms with E-state index in [4.69, 9.17) is 5.73 Å². The number of carbonyl (C=O) groups is 1. The van der Waals surface area contributed by atoms with E-state index in [9.17, 15) is 4.79 Å². The summed E-state index contributed by atoms with van der Waals surface area (Å²) in [7, 11) is 1.91. The van der Waals surface area contributed by atoms with Crippen LogP contribution in [0.25, 0.3) is 0 Å². The van der Waals surface area contributed by atoms with Gasteiger partial charge >= 0.3 is 0 Å². The number of carbonyl (C=O) groups excluding carboxylic acids is 1. The van der Waals surface area contributed by atoms with Gasteiger partial charge in [0.2, 0.25) is 0 Å². The normalized spacial score (nSPS) is 22.6. The first-order valence-electron chi connectivity index (χ1n) is 7.35. The molecule has 1 aromatic carbocycles. The minimum absolute atomic E-state index is 0.0733. The lowest BCUT2D eigenvalue weighted by Crippen LogP contribution is -2.39. The zero-order valence-corrected chi connectivity index (χ0v) is 13.8. The molecule has 4 heteroatoms. The number of nitrogens with zero attached hydrogens (tertiary/aromatic N) is 1. The Morgan fingerprint density at radius 2 is 2.00 bits per heavy atom. The molecule has 0 spiro atoms. The van der Waals surface area contributed by atoms with Crippen LogP contribution in [0.1, 0.15) is 49.4 Å². The first kappa shape index (κ1) is 15.4. The minimum atomic E-state index is 0.0733. The van der Waals surface area contributed by atoms with Crippen LogP contribution in [0, 0.1) is 5.92 Å². The average Bonchev–Trinajstić information content (AvgIpc) is 2.48. The van der Waals surface area contributed by atoms with E-state index in [2.05, 4.69) is 22.9 Å². The second kappa shape index (κ2) is 6.61. The van der Waals surface area contributed by atoms with Crippen molar-refractivity contribution in [2.24, 2.45) is 5.92 Å². The number of rotatable bonds is 3. The van der Waals surface area contributed by atoms with Gasteiger partial charge in [0.15, 0.2) is 0 Å². The van der Waals surface area contributed by atoms with Crippen molar-refractivity contribution in [3.05, 3.63) is 28.2 Å². The van der Waals surface area contributed by atoms with E-state index in [0.29, 0.717) is 17.3 Å². The van der Waals surface area contributed by atoms with Crippen LogP contribution in [-0.2, 0) is 0 Å². The quantitative estimate of drug-likeness (QED) is 0.844. The molecule has 2 N–H and O–H groups in total. The zero-order chi connectivity index (χ0) is 14.7. The summed E-state index contributed by atoms with van der Waals surface area (Å²) in [5, 5.41) is 0. The Morgan fingerprint density at radius 1 is 1.35 bits per heavy atom. The molecule has 1 saturated carbocycles. The molecule has 0 atom stereocenters. The molecule has 0 radical (unpaired) electrons. The lowest BCUT2D eigenvalue weighted by atomic mass is 9.84. The van der Waals surface area contributed by atoms with Gasteiger partial charge in [-0.2, -0.15) is 0 Å². The Balaban J connectivity index is 2.03. The molecule has 0 saturated heterocycles. The SMILES string of the molecule is CCC1CCC(N(C)C(=O)c2ccc(Br)c(N)c2)CC1. The highest BCUT2D eigenvalue weighted by molar-refractivity contribution is 9.10. The number of amides is 1. The summed E-state index contributed by atoms with van der Waals surface area (Å²) >= 11 is 3.36. The predicted octanol–water partition coefficient (Wildman–Crippen LogP) is 4.07. The third-order valence-electron chi connectivity index (χ3n) is 4.50. The first-order valence-corrected chi connectivity index (χ1v) is 8.14. The molecule has 0 heterocycles. The van der Waals surface area contributed by atoms with E-state index in [0.717, 1.165) is 23.2 Å². The summed E-state index contributed by atoms with van der Waals surface area (Å²) in [6, 6.07) is 5.79. The highest BCUT2D eigenvalue weighted by atomic mass is 79.9. The third-order valence-corrected chi connectivity index (χ3v) is 5.23. The number of anilines is 1. The molecule has 1 aliphatic carbocycles. The van der Waals surface area contributed by atoms with Gasteiger partial charge in [-0.3, -0.25) is 4.79 Å². The predicted molar refractivity (Wildman–Crippen MR) is 86.7 cm³/mol. The van der Waals surface area contributed by atoms with Crippen LogP contribution in [-0.4, -0.2) is 23.9 Å². The van der Waals surface area contributed by atoms with Gasteiger partial charge in [0.25, 0.3) is 5.91 Å². The van der Waals surface area contributed by atoms with E-state index in [-0.39, 0.29) is 5.91 Å².